The summed E-state index contributed by atoms with van der Waals surface area (Å²) in [4.78, 5) is 45.3. The van der Waals surface area contributed by atoms with Gasteiger partial charge < -0.3 is 15.7 Å². The molecule has 9 nitrogen and oxygen atoms in total. The number of benzene rings is 2. The maximum absolute atomic E-state index is 12.3. The fourth-order valence-electron chi connectivity index (χ4n) is 3.97. The number of nitrogen functional groups attached to an aromatic ring is 1. The SMILES string of the molecule is NNC(=O)c1ccccc1C(=O)c1ccccc1.O=C(O)CCCC[C@@H]1SC[C@@H]2NC(=O)N[C@@H]21. The van der Waals surface area contributed by atoms with E-state index in [-0.39, 0.29) is 35.9 Å². The number of ketones is 1. The maximum Gasteiger partial charge on any atom is 0.315 e. The summed E-state index contributed by atoms with van der Waals surface area (Å²) >= 11 is 1.87. The van der Waals surface area contributed by atoms with Gasteiger partial charge in [-0.05, 0) is 18.9 Å². The summed E-state index contributed by atoms with van der Waals surface area (Å²) in [6.07, 6.45) is 2.88. The molecule has 0 spiro atoms. The first-order valence-corrected chi connectivity index (χ1v) is 12.1. The zero-order chi connectivity index (χ0) is 24.5. The zero-order valence-corrected chi connectivity index (χ0v) is 19.3. The van der Waals surface area contributed by atoms with Gasteiger partial charge >= 0.3 is 12.0 Å². The Bertz CT molecular complexity index is 1030. The van der Waals surface area contributed by atoms with E-state index >= 15 is 0 Å². The van der Waals surface area contributed by atoms with Gasteiger partial charge in [0.15, 0.2) is 5.78 Å². The summed E-state index contributed by atoms with van der Waals surface area (Å²) in [5.74, 6) is 4.66. The van der Waals surface area contributed by atoms with Crippen molar-refractivity contribution in [1.29, 1.82) is 0 Å². The number of carboxylic acid groups (broad SMARTS) is 1. The van der Waals surface area contributed by atoms with E-state index in [9.17, 15) is 19.2 Å². The van der Waals surface area contributed by atoms with Crippen LogP contribution in [0.25, 0.3) is 0 Å². The fourth-order valence-corrected chi connectivity index (χ4v) is 5.51. The van der Waals surface area contributed by atoms with Crippen molar-refractivity contribution >= 4 is 35.5 Å². The Morgan fingerprint density at radius 3 is 2.35 bits per heavy atom. The Balaban J connectivity index is 0.000000192. The number of rotatable bonds is 8. The number of nitrogens with one attached hydrogen (secondary N) is 3. The molecule has 4 rings (SSSR count). The van der Waals surface area contributed by atoms with Gasteiger partial charge in [-0.3, -0.25) is 19.8 Å². The fraction of sp³-hybridized carbons (Fsp3) is 0.333. The first-order chi connectivity index (χ1) is 16.4. The highest BCUT2D eigenvalue weighted by molar-refractivity contribution is 8.00. The van der Waals surface area contributed by atoms with Crippen LogP contribution < -0.4 is 21.9 Å². The molecule has 0 unspecified atom stereocenters. The van der Waals surface area contributed by atoms with Crippen molar-refractivity contribution in [3.05, 3.63) is 71.3 Å². The van der Waals surface area contributed by atoms with Crippen LogP contribution >= 0.6 is 11.8 Å². The number of amides is 3. The van der Waals surface area contributed by atoms with Crippen LogP contribution in [0.15, 0.2) is 54.6 Å². The van der Waals surface area contributed by atoms with E-state index in [4.69, 9.17) is 10.9 Å². The first-order valence-electron chi connectivity index (χ1n) is 11.0. The first kappa shape index (κ1) is 25.3. The number of carbonyl (C=O) groups is 4. The van der Waals surface area contributed by atoms with Gasteiger partial charge in [-0.2, -0.15) is 11.8 Å². The number of aliphatic carboxylic acids is 1. The lowest BCUT2D eigenvalue weighted by atomic mass is 9.98. The number of urea groups is 1. The zero-order valence-electron chi connectivity index (χ0n) is 18.5. The minimum atomic E-state index is -0.729. The molecule has 6 N–H and O–H groups in total. The molecule has 2 aromatic rings. The number of unbranched alkanes of at least 4 members (excludes halogenated alkanes) is 1. The molecular weight excluding hydrogens is 456 g/mol. The van der Waals surface area contributed by atoms with Crippen LogP contribution in [0, 0.1) is 0 Å². The van der Waals surface area contributed by atoms with Crippen molar-refractivity contribution < 1.29 is 24.3 Å². The van der Waals surface area contributed by atoms with E-state index in [0.29, 0.717) is 16.4 Å². The van der Waals surface area contributed by atoms with Crippen LogP contribution in [0.5, 0.6) is 0 Å². The van der Waals surface area contributed by atoms with Crippen LogP contribution in [-0.2, 0) is 4.79 Å². The Labute approximate surface area is 201 Å². The predicted molar refractivity (Wildman–Crippen MR) is 130 cm³/mol. The van der Waals surface area contributed by atoms with Crippen molar-refractivity contribution in [2.45, 2.75) is 43.0 Å². The van der Waals surface area contributed by atoms with Crippen molar-refractivity contribution in [2.75, 3.05) is 5.75 Å². The van der Waals surface area contributed by atoms with Crippen molar-refractivity contribution in [3.8, 4) is 0 Å². The molecule has 2 fully saturated rings. The highest BCUT2D eigenvalue weighted by atomic mass is 32.2. The molecule has 2 heterocycles. The lowest BCUT2D eigenvalue weighted by Gasteiger charge is -2.16. The molecule has 0 bridgehead atoms. The van der Waals surface area contributed by atoms with Gasteiger partial charge in [-0.1, -0.05) is 55.0 Å². The number of hydrogen-bond acceptors (Lipinski definition) is 6. The second kappa shape index (κ2) is 12.2. The van der Waals surface area contributed by atoms with Gasteiger partial charge in [-0.25, -0.2) is 10.6 Å². The summed E-state index contributed by atoms with van der Waals surface area (Å²) in [7, 11) is 0. The second-order valence-electron chi connectivity index (χ2n) is 7.98. The van der Waals surface area contributed by atoms with Crippen LogP contribution in [0.2, 0.25) is 0 Å². The summed E-state index contributed by atoms with van der Waals surface area (Å²) in [6, 6.07) is 15.8. The molecule has 0 saturated carbocycles. The topological polar surface area (TPSA) is 151 Å². The smallest absolute Gasteiger partial charge is 0.315 e. The summed E-state index contributed by atoms with van der Waals surface area (Å²) < 4.78 is 0. The lowest BCUT2D eigenvalue weighted by Crippen LogP contribution is -2.36. The van der Waals surface area contributed by atoms with Crippen LogP contribution in [0.3, 0.4) is 0 Å². The molecule has 2 aromatic carbocycles. The van der Waals surface area contributed by atoms with Crippen LogP contribution in [0.1, 0.15) is 52.0 Å². The lowest BCUT2D eigenvalue weighted by molar-refractivity contribution is -0.137. The number of nitrogens with two attached hydrogens (primary N) is 1. The average Bonchev–Trinajstić information content (AvgIpc) is 3.41. The van der Waals surface area contributed by atoms with E-state index in [1.165, 1.54) is 0 Å². The predicted octanol–water partition coefficient (Wildman–Crippen LogP) is 2.32. The number of carbonyl (C=O) groups excluding carboxylic acids is 3. The molecule has 3 atom stereocenters. The van der Waals surface area contributed by atoms with Crippen LogP contribution in [-0.4, -0.2) is 51.9 Å². The molecule has 0 radical (unpaired) electrons. The largest absolute Gasteiger partial charge is 0.481 e. The van der Waals surface area contributed by atoms with Crippen molar-refractivity contribution in [2.24, 2.45) is 5.84 Å². The van der Waals surface area contributed by atoms with Gasteiger partial charge in [0.25, 0.3) is 5.91 Å². The number of fused-ring (bicyclic) bond motifs is 1. The Hall–Kier alpha value is -3.37. The average molecular weight is 485 g/mol. The Morgan fingerprint density at radius 2 is 1.68 bits per heavy atom. The summed E-state index contributed by atoms with van der Waals surface area (Å²) in [6.45, 7) is 0. The molecule has 2 saturated heterocycles. The minimum absolute atomic E-state index is 0.0640. The normalized spacial score (nSPS) is 20.3. The van der Waals surface area contributed by atoms with E-state index in [0.717, 1.165) is 25.0 Å². The number of thioether (sulfide) groups is 1. The van der Waals surface area contributed by atoms with Gasteiger partial charge in [-0.15, -0.1) is 0 Å². The van der Waals surface area contributed by atoms with Gasteiger partial charge in [0.1, 0.15) is 0 Å². The van der Waals surface area contributed by atoms with E-state index < -0.39 is 11.9 Å². The third kappa shape index (κ3) is 6.58. The molecule has 0 aliphatic carbocycles. The molecule has 10 heteroatoms. The van der Waals surface area contributed by atoms with Gasteiger partial charge in [0, 0.05) is 28.6 Å². The Morgan fingerprint density at radius 1 is 1.00 bits per heavy atom. The third-order valence-corrected chi connectivity index (χ3v) is 7.16. The summed E-state index contributed by atoms with van der Waals surface area (Å²) in [5.41, 5.74) is 3.19. The minimum Gasteiger partial charge on any atom is -0.481 e. The number of carboxylic acids is 1. The maximum atomic E-state index is 12.3. The molecule has 2 aliphatic rings. The highest BCUT2D eigenvalue weighted by Crippen LogP contribution is 2.33. The monoisotopic (exact) mass is 484 g/mol. The van der Waals surface area contributed by atoms with Crippen LogP contribution in [0.4, 0.5) is 4.79 Å². The summed E-state index contributed by atoms with van der Waals surface area (Å²) in [5, 5.41) is 14.8. The van der Waals surface area contributed by atoms with Gasteiger partial charge in [0.05, 0.1) is 17.6 Å². The quantitative estimate of drug-likeness (QED) is 0.0963. The Kier molecular flexibility index (Phi) is 9.06. The van der Waals surface area contributed by atoms with E-state index in [2.05, 4.69) is 10.6 Å². The number of hydrogen-bond donors (Lipinski definition) is 5. The number of hydrazine groups is 1. The van der Waals surface area contributed by atoms with Gasteiger partial charge in [0.2, 0.25) is 0 Å². The molecule has 34 heavy (non-hydrogen) atoms. The highest BCUT2D eigenvalue weighted by Gasteiger charge is 2.42. The molecule has 0 aromatic heterocycles. The van der Waals surface area contributed by atoms with E-state index in [1.807, 2.05) is 23.3 Å². The van der Waals surface area contributed by atoms with Crippen molar-refractivity contribution in [1.82, 2.24) is 16.1 Å². The molecule has 3 amide bonds. The standard InChI is InChI=1S/C14H12N2O2.C10H16N2O3S/c15-16-14(18)12-9-5-4-8-11(12)13(17)10-6-2-1-3-7-10;13-8(14)4-2-1-3-7-9-6(5-16-7)11-10(15)12-9/h1-9H,15H2,(H,16,18);6-7,9H,1-5H2,(H,13,14)(H2,11,12,15)/t;6-,7-,9-/m.0/s1. The molecular formula is C24H28N4O5S. The molecule has 180 valence electrons. The third-order valence-electron chi connectivity index (χ3n) is 5.65. The molecule has 2 aliphatic heterocycles. The van der Waals surface area contributed by atoms with Crippen molar-refractivity contribution in [3.63, 3.8) is 0 Å². The second-order valence-corrected chi connectivity index (χ2v) is 9.25. The van der Waals surface area contributed by atoms with E-state index in [1.54, 1.807) is 48.5 Å².